The van der Waals surface area contributed by atoms with Gasteiger partial charge in [-0.2, -0.15) is 0 Å². The summed E-state index contributed by atoms with van der Waals surface area (Å²) in [7, 11) is 0. The maximum atomic E-state index is 4.15. The van der Waals surface area contributed by atoms with Gasteiger partial charge in [0.1, 0.15) is 0 Å². The molecule has 5 heteroatoms. The van der Waals surface area contributed by atoms with E-state index >= 15 is 0 Å². The van der Waals surface area contributed by atoms with Gasteiger partial charge in [0.2, 0.25) is 0 Å². The summed E-state index contributed by atoms with van der Waals surface area (Å²) in [6.45, 7) is 2.29. The van der Waals surface area contributed by atoms with Gasteiger partial charge in [0, 0.05) is 6.42 Å². The fraction of sp³-hybridized carbons (Fsp3) is 0.900. The Bertz CT molecular complexity index is 324. The number of hydrogen-bond acceptors (Lipinski definition) is 4. The first-order valence-corrected chi connectivity index (χ1v) is 5.91. The lowest BCUT2D eigenvalue weighted by Crippen LogP contribution is -2.31. The summed E-state index contributed by atoms with van der Waals surface area (Å²) in [4.78, 5) is 0. The zero-order chi connectivity index (χ0) is 10.1. The Morgan fingerprint density at radius 3 is 3.00 bits per heavy atom. The van der Waals surface area contributed by atoms with Crippen molar-refractivity contribution >= 4 is 0 Å². The highest BCUT2D eigenvalue weighted by molar-refractivity contribution is 4.92. The first-order chi connectivity index (χ1) is 7.43. The predicted molar refractivity (Wildman–Crippen MR) is 55.4 cm³/mol. The minimum atomic E-state index is 0.603. The highest BCUT2D eigenvalue weighted by Gasteiger charge is 2.28. The van der Waals surface area contributed by atoms with Crippen LogP contribution in [0.2, 0.25) is 0 Å². The average molecular weight is 207 g/mol. The van der Waals surface area contributed by atoms with Gasteiger partial charge in [-0.05, 0) is 55.1 Å². The smallest absolute Gasteiger partial charge is 0.151 e. The molecule has 0 radical (unpaired) electrons. The van der Waals surface area contributed by atoms with Crippen LogP contribution in [0.4, 0.5) is 0 Å². The van der Waals surface area contributed by atoms with Crippen LogP contribution in [-0.2, 0) is 6.42 Å². The fourth-order valence-corrected chi connectivity index (χ4v) is 2.31. The molecule has 1 aromatic rings. The third-order valence-electron chi connectivity index (χ3n) is 3.32. The Hall–Kier alpha value is -0.970. The van der Waals surface area contributed by atoms with Crippen LogP contribution in [0.25, 0.3) is 0 Å². The number of rotatable bonds is 3. The van der Waals surface area contributed by atoms with E-state index in [9.17, 15) is 0 Å². The highest BCUT2D eigenvalue weighted by atomic mass is 15.6. The second kappa shape index (κ2) is 3.89. The monoisotopic (exact) mass is 207 g/mol. The molecule has 1 aromatic heterocycles. The molecule has 5 nitrogen and oxygen atoms in total. The van der Waals surface area contributed by atoms with E-state index in [0.29, 0.717) is 6.04 Å². The van der Waals surface area contributed by atoms with Crippen molar-refractivity contribution in [3.05, 3.63) is 5.82 Å². The number of nitrogens with one attached hydrogen (secondary N) is 1. The molecule has 2 fully saturated rings. The average Bonchev–Trinajstić information content (AvgIpc) is 3.02. The van der Waals surface area contributed by atoms with Gasteiger partial charge < -0.3 is 5.32 Å². The molecular weight excluding hydrogens is 190 g/mol. The number of aromatic nitrogens is 4. The molecule has 1 aliphatic heterocycles. The normalized spacial score (nSPS) is 26.8. The maximum Gasteiger partial charge on any atom is 0.151 e. The second-order valence-electron chi connectivity index (χ2n) is 4.69. The Morgan fingerprint density at radius 1 is 1.33 bits per heavy atom. The van der Waals surface area contributed by atoms with Crippen molar-refractivity contribution in [1.82, 2.24) is 25.5 Å². The van der Waals surface area contributed by atoms with Gasteiger partial charge in [0.15, 0.2) is 5.82 Å². The Labute approximate surface area is 89.2 Å². The number of nitrogens with zero attached hydrogens (tertiary/aromatic N) is 4. The molecule has 1 unspecified atom stereocenters. The summed E-state index contributed by atoms with van der Waals surface area (Å²) < 4.78 is 2.04. The molecule has 15 heavy (non-hydrogen) atoms. The van der Waals surface area contributed by atoms with E-state index < -0.39 is 0 Å². The predicted octanol–water partition coefficient (Wildman–Crippen LogP) is 0.550. The lowest BCUT2D eigenvalue weighted by atomic mass is 9.96. The highest BCUT2D eigenvalue weighted by Crippen LogP contribution is 2.34. The third kappa shape index (κ3) is 2.02. The third-order valence-corrected chi connectivity index (χ3v) is 3.32. The van der Waals surface area contributed by atoms with E-state index in [-0.39, 0.29) is 0 Å². The van der Waals surface area contributed by atoms with E-state index in [1.165, 1.54) is 32.2 Å². The van der Waals surface area contributed by atoms with Crippen molar-refractivity contribution in [2.75, 3.05) is 13.1 Å². The summed E-state index contributed by atoms with van der Waals surface area (Å²) in [6.07, 6.45) is 6.14. The number of piperidine rings is 1. The summed E-state index contributed by atoms with van der Waals surface area (Å²) >= 11 is 0. The van der Waals surface area contributed by atoms with E-state index in [4.69, 9.17) is 0 Å². The quantitative estimate of drug-likeness (QED) is 0.786. The molecular formula is C10H17N5. The van der Waals surface area contributed by atoms with Gasteiger partial charge >= 0.3 is 0 Å². The van der Waals surface area contributed by atoms with Crippen LogP contribution >= 0.6 is 0 Å². The van der Waals surface area contributed by atoms with Gasteiger partial charge in [-0.15, -0.1) is 5.10 Å². The van der Waals surface area contributed by atoms with Gasteiger partial charge in [-0.1, -0.05) is 0 Å². The molecule has 1 atom stereocenters. The van der Waals surface area contributed by atoms with Gasteiger partial charge in [0.25, 0.3) is 0 Å². The van der Waals surface area contributed by atoms with E-state index in [2.05, 4.69) is 20.8 Å². The van der Waals surface area contributed by atoms with Crippen LogP contribution < -0.4 is 5.32 Å². The largest absolute Gasteiger partial charge is 0.316 e. The zero-order valence-electron chi connectivity index (χ0n) is 8.89. The first-order valence-electron chi connectivity index (χ1n) is 5.91. The van der Waals surface area contributed by atoms with Crippen LogP contribution in [0.15, 0.2) is 0 Å². The summed E-state index contributed by atoms with van der Waals surface area (Å²) in [6, 6.07) is 0.603. The molecule has 82 valence electrons. The standard InChI is InChI=1S/C10H17N5/c1-2-8(7-11-5-1)6-10-12-13-14-15(10)9-3-4-9/h8-9,11H,1-7H2. The molecule has 2 heterocycles. The maximum absolute atomic E-state index is 4.15. The lowest BCUT2D eigenvalue weighted by Gasteiger charge is -2.21. The van der Waals surface area contributed by atoms with Gasteiger partial charge in [-0.25, -0.2) is 4.68 Å². The van der Waals surface area contributed by atoms with E-state index in [1.54, 1.807) is 0 Å². The molecule has 1 aliphatic carbocycles. The molecule has 1 saturated heterocycles. The molecule has 0 spiro atoms. The molecule has 0 aromatic carbocycles. The van der Waals surface area contributed by atoms with Crippen molar-refractivity contribution in [3.8, 4) is 0 Å². The van der Waals surface area contributed by atoms with Gasteiger partial charge in [0.05, 0.1) is 6.04 Å². The zero-order valence-corrected chi connectivity index (χ0v) is 8.89. The van der Waals surface area contributed by atoms with Crippen LogP contribution in [0.3, 0.4) is 0 Å². The molecule has 3 rings (SSSR count). The Morgan fingerprint density at radius 2 is 2.27 bits per heavy atom. The molecule has 0 bridgehead atoms. The number of tetrazole rings is 1. The molecule has 1 N–H and O–H groups in total. The lowest BCUT2D eigenvalue weighted by molar-refractivity contribution is 0.364. The van der Waals surface area contributed by atoms with Crippen molar-refractivity contribution < 1.29 is 0 Å². The fourth-order valence-electron chi connectivity index (χ4n) is 2.31. The second-order valence-corrected chi connectivity index (χ2v) is 4.69. The van der Waals surface area contributed by atoms with Crippen molar-refractivity contribution in [2.24, 2.45) is 5.92 Å². The SMILES string of the molecule is C1CNCC(Cc2nnnn2C2CC2)C1. The first kappa shape index (κ1) is 9.27. The van der Waals surface area contributed by atoms with Crippen LogP contribution in [0.1, 0.15) is 37.5 Å². The van der Waals surface area contributed by atoms with Crippen LogP contribution in [0.5, 0.6) is 0 Å². The van der Waals surface area contributed by atoms with Crippen molar-refractivity contribution in [2.45, 2.75) is 38.1 Å². The molecule has 2 aliphatic rings. The molecule has 1 saturated carbocycles. The Kier molecular flexibility index (Phi) is 2.40. The van der Waals surface area contributed by atoms with Crippen molar-refractivity contribution in [1.29, 1.82) is 0 Å². The Balaban J connectivity index is 1.67. The van der Waals surface area contributed by atoms with E-state index in [1.807, 2.05) is 4.68 Å². The van der Waals surface area contributed by atoms with E-state index in [0.717, 1.165) is 24.7 Å². The number of hydrogen-bond donors (Lipinski definition) is 1. The minimum Gasteiger partial charge on any atom is -0.316 e. The summed E-state index contributed by atoms with van der Waals surface area (Å²) in [5.74, 6) is 1.81. The molecule has 0 amide bonds. The van der Waals surface area contributed by atoms with Crippen LogP contribution in [-0.4, -0.2) is 33.3 Å². The minimum absolute atomic E-state index is 0.603. The van der Waals surface area contributed by atoms with Crippen LogP contribution in [0, 0.1) is 5.92 Å². The summed E-state index contributed by atoms with van der Waals surface area (Å²) in [5, 5.41) is 15.4. The van der Waals surface area contributed by atoms with Crippen molar-refractivity contribution in [3.63, 3.8) is 0 Å². The topological polar surface area (TPSA) is 55.6 Å². The summed E-state index contributed by atoms with van der Waals surface area (Å²) in [5.41, 5.74) is 0. The van der Waals surface area contributed by atoms with Gasteiger partial charge in [-0.3, -0.25) is 0 Å².